The number of pyridine rings is 1. The van der Waals surface area contributed by atoms with Gasteiger partial charge in [0.05, 0.1) is 23.1 Å². The fraction of sp³-hybridized carbons (Fsp3) is 0.276. The molecule has 0 aliphatic rings. The number of ether oxygens (including phenoxy) is 1. The summed E-state index contributed by atoms with van der Waals surface area (Å²) in [5, 5.41) is 12.5. The van der Waals surface area contributed by atoms with Crippen LogP contribution in [0.25, 0.3) is 33.5 Å². The average Bonchev–Trinajstić information content (AvgIpc) is 3.64. The molecule has 0 saturated carbocycles. The number of carbonyl (C=O) groups excluding carboxylic acids is 1. The van der Waals surface area contributed by atoms with E-state index in [-0.39, 0.29) is 0 Å². The molecule has 3 aromatic heterocycles. The molecule has 1 N–H and O–H groups in total. The molecule has 39 heavy (non-hydrogen) atoms. The first kappa shape index (κ1) is 25.9. The smallest absolute Gasteiger partial charge is 0.414 e. The predicted octanol–water partition coefficient (Wildman–Crippen LogP) is 6.02. The summed E-state index contributed by atoms with van der Waals surface area (Å²) in [5.74, 6) is 0.404. The summed E-state index contributed by atoms with van der Waals surface area (Å²) < 4.78 is 13.1. The number of fused-ring (bicyclic) bond motifs is 1. The van der Waals surface area contributed by atoms with E-state index in [1.807, 2.05) is 74.3 Å². The minimum atomic E-state index is -0.560. The van der Waals surface area contributed by atoms with Crippen molar-refractivity contribution in [1.29, 1.82) is 0 Å². The van der Waals surface area contributed by atoms with Crippen molar-refractivity contribution in [1.82, 2.24) is 24.7 Å². The van der Waals surface area contributed by atoms with E-state index in [1.165, 1.54) is 11.3 Å². The van der Waals surface area contributed by atoms with Crippen LogP contribution in [0.2, 0.25) is 0 Å². The van der Waals surface area contributed by atoms with Gasteiger partial charge in [0.2, 0.25) is 6.39 Å². The number of hydrogen-bond donors (Lipinski definition) is 1. The molecule has 0 bridgehead atoms. The molecule has 5 rings (SSSR count). The van der Waals surface area contributed by atoms with Crippen molar-refractivity contribution in [3.05, 3.63) is 73.8 Å². The Labute approximate surface area is 226 Å². The lowest BCUT2D eigenvalue weighted by Crippen LogP contribution is -2.34. The van der Waals surface area contributed by atoms with Gasteiger partial charge >= 0.3 is 6.09 Å². The van der Waals surface area contributed by atoms with Crippen LogP contribution in [0.3, 0.4) is 0 Å². The van der Waals surface area contributed by atoms with Crippen LogP contribution in [0.15, 0.2) is 78.2 Å². The standard InChI is InChI=1S/C29H31N7O3/c1-29(2,3)39-28(37)35(4)22-9-6-20(7-10-22)21-8-11-25-23(16-21)26(24(17-32-25)27-34-33-19-38-27)31-12-5-14-36-15-13-30-18-36/h6-11,13,15-19H,5,12,14H2,1-4H3,(H,31,32). The number of amides is 1. The molecular weight excluding hydrogens is 494 g/mol. The fourth-order valence-corrected chi connectivity index (χ4v) is 4.22. The normalized spacial score (nSPS) is 11.5. The van der Waals surface area contributed by atoms with E-state index in [4.69, 9.17) is 9.15 Å². The Hall–Kier alpha value is -4.73. The molecule has 0 atom stereocenters. The van der Waals surface area contributed by atoms with E-state index in [0.717, 1.165) is 58.5 Å². The first-order chi connectivity index (χ1) is 18.8. The van der Waals surface area contributed by atoms with E-state index in [1.54, 1.807) is 19.4 Å². The van der Waals surface area contributed by atoms with Gasteiger partial charge in [0.1, 0.15) is 5.60 Å². The highest BCUT2D eigenvalue weighted by Gasteiger charge is 2.21. The van der Waals surface area contributed by atoms with E-state index in [0.29, 0.717) is 5.89 Å². The maximum Gasteiger partial charge on any atom is 0.414 e. The number of anilines is 2. The zero-order valence-electron chi connectivity index (χ0n) is 22.5. The molecule has 1 amide bonds. The number of nitrogens with one attached hydrogen (secondary N) is 1. The third-order valence-electron chi connectivity index (χ3n) is 6.17. The number of aryl methyl sites for hydroxylation is 1. The Balaban J connectivity index is 1.43. The molecule has 0 unspecified atom stereocenters. The number of rotatable bonds is 8. The van der Waals surface area contributed by atoms with Crippen LogP contribution in [0.5, 0.6) is 0 Å². The number of benzene rings is 2. The molecule has 10 heteroatoms. The van der Waals surface area contributed by atoms with Crippen LogP contribution in [-0.4, -0.2) is 50.0 Å². The quantitative estimate of drug-likeness (QED) is 0.245. The van der Waals surface area contributed by atoms with Crippen LogP contribution in [0.1, 0.15) is 27.2 Å². The summed E-state index contributed by atoms with van der Waals surface area (Å²) in [5.41, 5.74) is 4.68. The van der Waals surface area contributed by atoms with Gasteiger partial charge in [0, 0.05) is 49.8 Å². The summed E-state index contributed by atoms with van der Waals surface area (Å²) in [6.07, 6.45) is 9.12. The highest BCUT2D eigenvalue weighted by Crippen LogP contribution is 2.35. The van der Waals surface area contributed by atoms with E-state index >= 15 is 0 Å². The average molecular weight is 526 g/mol. The first-order valence-corrected chi connectivity index (χ1v) is 12.7. The zero-order valence-corrected chi connectivity index (χ0v) is 22.5. The molecular formula is C29H31N7O3. The summed E-state index contributed by atoms with van der Waals surface area (Å²) in [7, 11) is 1.70. The molecule has 0 spiro atoms. The Morgan fingerprint density at radius 1 is 1.13 bits per heavy atom. The van der Waals surface area contributed by atoms with E-state index < -0.39 is 11.7 Å². The number of aromatic nitrogens is 5. The summed E-state index contributed by atoms with van der Waals surface area (Å²) in [6, 6.07) is 13.9. The number of nitrogens with zero attached hydrogens (tertiary/aromatic N) is 6. The Kier molecular flexibility index (Phi) is 7.27. The molecule has 0 radical (unpaired) electrons. The molecule has 0 fully saturated rings. The monoisotopic (exact) mass is 525 g/mol. The van der Waals surface area contributed by atoms with Gasteiger partial charge < -0.3 is 19.0 Å². The molecule has 0 aliphatic heterocycles. The Morgan fingerprint density at radius 2 is 1.92 bits per heavy atom. The SMILES string of the molecule is CN(C(=O)OC(C)(C)C)c1ccc(-c2ccc3ncc(-c4nnco4)c(NCCCn4ccnc4)c3c2)cc1. The summed E-state index contributed by atoms with van der Waals surface area (Å²) in [6.45, 7) is 7.13. The van der Waals surface area contributed by atoms with Gasteiger partial charge in [-0.25, -0.2) is 9.78 Å². The molecule has 200 valence electrons. The molecule has 10 nitrogen and oxygen atoms in total. The predicted molar refractivity (Wildman–Crippen MR) is 150 cm³/mol. The molecule has 5 aromatic rings. The van der Waals surface area contributed by atoms with Crippen LogP contribution < -0.4 is 10.2 Å². The van der Waals surface area contributed by atoms with E-state index in [9.17, 15) is 4.79 Å². The topological polar surface area (TPSA) is 111 Å². The van der Waals surface area contributed by atoms with Gasteiger partial charge in [-0.1, -0.05) is 18.2 Å². The van der Waals surface area contributed by atoms with Crippen molar-refractivity contribution in [2.75, 3.05) is 23.8 Å². The van der Waals surface area contributed by atoms with Crippen molar-refractivity contribution in [2.45, 2.75) is 39.3 Å². The second-order valence-corrected chi connectivity index (χ2v) is 10.2. The highest BCUT2D eigenvalue weighted by atomic mass is 16.6. The summed E-state index contributed by atoms with van der Waals surface area (Å²) >= 11 is 0. The highest BCUT2D eigenvalue weighted by molar-refractivity contribution is 6.00. The fourth-order valence-electron chi connectivity index (χ4n) is 4.22. The molecule has 3 heterocycles. The zero-order chi connectivity index (χ0) is 27.4. The largest absolute Gasteiger partial charge is 0.443 e. The van der Waals surface area contributed by atoms with Crippen molar-refractivity contribution in [2.24, 2.45) is 0 Å². The number of imidazole rings is 1. The second kappa shape index (κ2) is 10.9. The third-order valence-corrected chi connectivity index (χ3v) is 6.17. The Morgan fingerprint density at radius 3 is 2.62 bits per heavy atom. The lowest BCUT2D eigenvalue weighted by molar-refractivity contribution is 0.0589. The maximum atomic E-state index is 12.5. The number of hydrogen-bond acceptors (Lipinski definition) is 8. The molecule has 2 aromatic carbocycles. The molecule has 0 saturated heterocycles. The van der Waals surface area contributed by atoms with Gasteiger partial charge in [0.15, 0.2) is 0 Å². The summed E-state index contributed by atoms with van der Waals surface area (Å²) in [4.78, 5) is 22.7. The molecule has 0 aliphatic carbocycles. The minimum absolute atomic E-state index is 0.399. The van der Waals surface area contributed by atoms with Crippen molar-refractivity contribution in [3.63, 3.8) is 0 Å². The van der Waals surface area contributed by atoms with Crippen molar-refractivity contribution < 1.29 is 13.9 Å². The van der Waals surface area contributed by atoms with Gasteiger partial charge in [-0.3, -0.25) is 9.88 Å². The van der Waals surface area contributed by atoms with Crippen molar-refractivity contribution >= 4 is 28.4 Å². The van der Waals surface area contributed by atoms with Crippen molar-refractivity contribution in [3.8, 4) is 22.6 Å². The van der Waals surface area contributed by atoms with Gasteiger partial charge in [-0.05, 0) is 62.6 Å². The minimum Gasteiger partial charge on any atom is -0.443 e. The lowest BCUT2D eigenvalue weighted by atomic mass is 10.0. The third kappa shape index (κ3) is 6.06. The lowest BCUT2D eigenvalue weighted by Gasteiger charge is -2.24. The first-order valence-electron chi connectivity index (χ1n) is 12.7. The van der Waals surface area contributed by atoms with Crippen LogP contribution in [0, 0.1) is 0 Å². The van der Waals surface area contributed by atoms with Crippen LogP contribution in [0.4, 0.5) is 16.2 Å². The van der Waals surface area contributed by atoms with Gasteiger partial charge in [-0.15, -0.1) is 10.2 Å². The van der Waals surface area contributed by atoms with Crippen LogP contribution >= 0.6 is 0 Å². The Bertz CT molecular complexity index is 1540. The van der Waals surface area contributed by atoms with Crippen LogP contribution in [-0.2, 0) is 11.3 Å². The maximum absolute atomic E-state index is 12.5. The number of carbonyl (C=O) groups is 1. The van der Waals surface area contributed by atoms with Gasteiger partial charge in [-0.2, -0.15) is 0 Å². The van der Waals surface area contributed by atoms with Gasteiger partial charge in [0.25, 0.3) is 5.89 Å². The van der Waals surface area contributed by atoms with E-state index in [2.05, 4.69) is 31.5 Å². The second-order valence-electron chi connectivity index (χ2n) is 10.2.